The monoisotopic (exact) mass is 185 g/mol. The normalized spacial score (nSPS) is 37.5. The lowest BCUT2D eigenvalue weighted by Crippen LogP contribution is -2.30. The first-order valence-electron chi connectivity index (χ1n) is 4.31. The minimum atomic E-state index is -0.792. The molecule has 1 aliphatic carbocycles. The van der Waals surface area contributed by atoms with E-state index in [1.807, 2.05) is 0 Å². The summed E-state index contributed by atoms with van der Waals surface area (Å²) in [5.74, 6) is -1.15. The highest BCUT2D eigenvalue weighted by Crippen LogP contribution is 2.39. The summed E-state index contributed by atoms with van der Waals surface area (Å²) in [6, 6.07) is 0. The number of aliphatic carboxylic acids is 1. The average Bonchev–Trinajstić information content (AvgIpc) is 2.61. The van der Waals surface area contributed by atoms with E-state index in [0.717, 1.165) is 0 Å². The second-order valence-corrected chi connectivity index (χ2v) is 3.70. The summed E-state index contributed by atoms with van der Waals surface area (Å²) >= 11 is 0. The fourth-order valence-electron chi connectivity index (χ4n) is 2.06. The van der Waals surface area contributed by atoms with E-state index in [9.17, 15) is 9.59 Å². The summed E-state index contributed by atoms with van der Waals surface area (Å²) in [6.07, 6.45) is 1.28. The maximum atomic E-state index is 10.8. The first-order valence-corrected chi connectivity index (χ1v) is 4.31. The summed E-state index contributed by atoms with van der Waals surface area (Å²) in [7, 11) is 0. The highest BCUT2D eigenvalue weighted by Gasteiger charge is 2.48. The van der Waals surface area contributed by atoms with E-state index in [2.05, 4.69) is 5.32 Å². The van der Waals surface area contributed by atoms with Crippen LogP contribution in [0.2, 0.25) is 0 Å². The molecule has 0 aromatic carbocycles. The fourth-order valence-corrected chi connectivity index (χ4v) is 2.06. The molecular weight excluding hydrogens is 174 g/mol. The Kier molecular flexibility index (Phi) is 1.68. The highest BCUT2D eigenvalue weighted by molar-refractivity contribution is 5.73. The van der Waals surface area contributed by atoms with Gasteiger partial charge in [-0.1, -0.05) is 0 Å². The highest BCUT2D eigenvalue weighted by atomic mass is 16.6. The number of carbonyl (C=O) groups excluding carboxylic acids is 1. The number of amides is 1. The summed E-state index contributed by atoms with van der Waals surface area (Å²) in [5.41, 5.74) is -0.528. The molecule has 13 heavy (non-hydrogen) atoms. The molecule has 1 spiro atoms. The van der Waals surface area contributed by atoms with Crippen LogP contribution in [0.4, 0.5) is 4.79 Å². The minimum Gasteiger partial charge on any atom is -0.481 e. The SMILES string of the molecule is O=C1NC[C@@]2(CC[C@@H](C(=O)O)C2)O1. The van der Waals surface area contributed by atoms with Crippen molar-refractivity contribution < 1.29 is 19.4 Å². The van der Waals surface area contributed by atoms with Gasteiger partial charge in [0, 0.05) is 6.42 Å². The third kappa shape index (κ3) is 1.34. The molecule has 2 rings (SSSR count). The van der Waals surface area contributed by atoms with Crippen LogP contribution >= 0.6 is 0 Å². The summed E-state index contributed by atoms with van der Waals surface area (Å²) in [6.45, 7) is 0.454. The van der Waals surface area contributed by atoms with Gasteiger partial charge >= 0.3 is 12.1 Å². The number of carboxylic acids is 1. The van der Waals surface area contributed by atoms with E-state index in [1.165, 1.54) is 0 Å². The number of ether oxygens (including phenoxy) is 1. The number of carboxylic acid groups (broad SMARTS) is 1. The maximum Gasteiger partial charge on any atom is 0.407 e. The van der Waals surface area contributed by atoms with Crippen molar-refractivity contribution in [2.45, 2.75) is 24.9 Å². The zero-order chi connectivity index (χ0) is 9.47. The predicted molar refractivity (Wildman–Crippen MR) is 42.2 cm³/mol. The van der Waals surface area contributed by atoms with Crippen molar-refractivity contribution in [2.24, 2.45) is 5.92 Å². The van der Waals surface area contributed by atoms with Crippen LogP contribution in [0, 0.1) is 5.92 Å². The van der Waals surface area contributed by atoms with Crippen molar-refractivity contribution in [3.8, 4) is 0 Å². The number of alkyl carbamates (subject to hydrolysis) is 1. The molecule has 0 aromatic heterocycles. The molecule has 2 aliphatic rings. The molecule has 1 saturated heterocycles. The second kappa shape index (κ2) is 2.61. The number of hydrogen-bond acceptors (Lipinski definition) is 3. The number of rotatable bonds is 1. The van der Waals surface area contributed by atoms with E-state index in [0.29, 0.717) is 25.8 Å². The largest absolute Gasteiger partial charge is 0.481 e. The molecule has 1 amide bonds. The van der Waals surface area contributed by atoms with Gasteiger partial charge in [0.2, 0.25) is 0 Å². The van der Waals surface area contributed by atoms with Crippen molar-refractivity contribution in [3.63, 3.8) is 0 Å². The standard InChI is InChI=1S/C8H11NO4/c10-6(11)5-1-2-8(3-5)4-9-7(12)13-8/h5H,1-4H2,(H,9,12)(H,10,11)/t5-,8+/m1/s1. The van der Waals surface area contributed by atoms with Crippen LogP contribution < -0.4 is 5.32 Å². The lowest BCUT2D eigenvalue weighted by Gasteiger charge is -2.19. The van der Waals surface area contributed by atoms with Gasteiger partial charge in [0.15, 0.2) is 0 Å². The van der Waals surface area contributed by atoms with E-state index < -0.39 is 17.7 Å². The molecule has 1 saturated carbocycles. The first kappa shape index (κ1) is 8.34. The van der Waals surface area contributed by atoms with Gasteiger partial charge in [-0.2, -0.15) is 0 Å². The lowest BCUT2D eigenvalue weighted by atomic mass is 10.0. The molecule has 2 atom stereocenters. The molecule has 1 aliphatic heterocycles. The van der Waals surface area contributed by atoms with Gasteiger partial charge in [-0.25, -0.2) is 4.79 Å². The van der Waals surface area contributed by atoms with Crippen molar-refractivity contribution in [1.82, 2.24) is 5.32 Å². The maximum absolute atomic E-state index is 10.8. The fraction of sp³-hybridized carbons (Fsp3) is 0.750. The van der Waals surface area contributed by atoms with E-state index in [4.69, 9.17) is 9.84 Å². The second-order valence-electron chi connectivity index (χ2n) is 3.70. The average molecular weight is 185 g/mol. The first-order chi connectivity index (χ1) is 6.11. The van der Waals surface area contributed by atoms with Crippen LogP contribution in [0.25, 0.3) is 0 Å². The Labute approximate surface area is 75.1 Å². The zero-order valence-corrected chi connectivity index (χ0v) is 7.08. The molecular formula is C8H11NO4. The lowest BCUT2D eigenvalue weighted by molar-refractivity contribution is -0.142. The number of hydrogen-bond donors (Lipinski definition) is 2. The Morgan fingerprint density at radius 3 is 2.92 bits per heavy atom. The van der Waals surface area contributed by atoms with Gasteiger partial charge < -0.3 is 15.2 Å². The molecule has 0 radical (unpaired) electrons. The third-order valence-corrected chi connectivity index (χ3v) is 2.78. The zero-order valence-electron chi connectivity index (χ0n) is 7.08. The molecule has 2 fully saturated rings. The van der Waals surface area contributed by atoms with Gasteiger partial charge in [-0.15, -0.1) is 0 Å². The molecule has 72 valence electrons. The van der Waals surface area contributed by atoms with E-state index in [-0.39, 0.29) is 5.92 Å². The molecule has 0 unspecified atom stereocenters. The molecule has 5 nitrogen and oxygen atoms in total. The smallest absolute Gasteiger partial charge is 0.407 e. The van der Waals surface area contributed by atoms with Gasteiger partial charge in [0.1, 0.15) is 5.60 Å². The van der Waals surface area contributed by atoms with Gasteiger partial charge in [0.25, 0.3) is 0 Å². The van der Waals surface area contributed by atoms with Gasteiger partial charge in [-0.05, 0) is 12.8 Å². The Morgan fingerprint density at radius 2 is 2.46 bits per heavy atom. The van der Waals surface area contributed by atoms with Crippen LogP contribution in [0.5, 0.6) is 0 Å². The predicted octanol–water partition coefficient (Wildman–Crippen LogP) is 0.350. The molecule has 5 heteroatoms. The minimum absolute atomic E-state index is 0.354. The van der Waals surface area contributed by atoms with Crippen molar-refractivity contribution in [1.29, 1.82) is 0 Å². The van der Waals surface area contributed by atoms with Gasteiger partial charge in [0.05, 0.1) is 12.5 Å². The third-order valence-electron chi connectivity index (χ3n) is 2.78. The quantitative estimate of drug-likeness (QED) is 0.618. The number of nitrogens with one attached hydrogen (secondary N) is 1. The van der Waals surface area contributed by atoms with E-state index >= 15 is 0 Å². The molecule has 2 N–H and O–H groups in total. The van der Waals surface area contributed by atoms with Crippen LogP contribution in [0.15, 0.2) is 0 Å². The van der Waals surface area contributed by atoms with Crippen molar-refractivity contribution in [2.75, 3.05) is 6.54 Å². The van der Waals surface area contributed by atoms with Crippen molar-refractivity contribution in [3.05, 3.63) is 0 Å². The molecule has 0 aromatic rings. The van der Waals surface area contributed by atoms with Crippen LogP contribution in [0.3, 0.4) is 0 Å². The van der Waals surface area contributed by atoms with E-state index in [1.54, 1.807) is 0 Å². The van der Waals surface area contributed by atoms with Crippen LogP contribution in [-0.2, 0) is 9.53 Å². The molecule has 0 bridgehead atoms. The summed E-state index contributed by atoms with van der Waals surface area (Å²) in [4.78, 5) is 21.5. The number of carbonyl (C=O) groups is 2. The Balaban J connectivity index is 2.05. The van der Waals surface area contributed by atoms with Crippen LogP contribution in [-0.4, -0.2) is 29.3 Å². The molecule has 1 heterocycles. The topological polar surface area (TPSA) is 75.6 Å². The van der Waals surface area contributed by atoms with Gasteiger partial charge in [-0.3, -0.25) is 4.79 Å². The Morgan fingerprint density at radius 1 is 1.69 bits per heavy atom. The van der Waals surface area contributed by atoms with Crippen molar-refractivity contribution >= 4 is 12.1 Å². The summed E-state index contributed by atoms with van der Waals surface area (Å²) in [5, 5.41) is 11.3. The van der Waals surface area contributed by atoms with Crippen LogP contribution in [0.1, 0.15) is 19.3 Å². The Bertz CT molecular complexity index is 265. The summed E-state index contributed by atoms with van der Waals surface area (Å²) < 4.78 is 5.08. The Hall–Kier alpha value is -1.26.